The number of aliphatic carboxylic acids is 1. The van der Waals surface area contributed by atoms with Crippen LogP contribution in [0, 0.1) is 0 Å². The fraction of sp³-hybridized carbons (Fsp3) is 0.259. The van der Waals surface area contributed by atoms with E-state index in [1.54, 1.807) is 18.2 Å². The van der Waals surface area contributed by atoms with E-state index in [1.165, 1.54) is 0 Å². The van der Waals surface area contributed by atoms with Crippen LogP contribution in [-0.2, 0) is 16.0 Å². The Kier molecular flexibility index (Phi) is 6.08. The van der Waals surface area contributed by atoms with Crippen LogP contribution in [0.4, 0.5) is 4.79 Å². The van der Waals surface area contributed by atoms with Crippen molar-refractivity contribution in [2.75, 3.05) is 19.8 Å². The molecule has 0 saturated heterocycles. The Labute approximate surface area is 197 Å². The number of hydrogen-bond donors (Lipinski definition) is 2. The van der Waals surface area contributed by atoms with Crippen LogP contribution in [0.3, 0.4) is 0 Å². The summed E-state index contributed by atoms with van der Waals surface area (Å²) in [6.45, 7) is 1.24. The lowest BCUT2D eigenvalue weighted by Gasteiger charge is -2.18. The number of alkyl carbamates (subject to hydrolysis) is 1. The van der Waals surface area contributed by atoms with Gasteiger partial charge in [-0.3, -0.25) is 0 Å². The maximum absolute atomic E-state index is 12.6. The predicted molar refractivity (Wildman–Crippen MR) is 125 cm³/mol. The molecule has 2 N–H and O–H groups in total. The van der Waals surface area contributed by atoms with Crippen LogP contribution in [0.2, 0.25) is 0 Å². The molecule has 1 aliphatic heterocycles. The van der Waals surface area contributed by atoms with E-state index in [-0.39, 0.29) is 18.9 Å². The van der Waals surface area contributed by atoms with Crippen molar-refractivity contribution in [3.63, 3.8) is 0 Å². The summed E-state index contributed by atoms with van der Waals surface area (Å²) in [6, 6.07) is 20.3. The van der Waals surface area contributed by atoms with Gasteiger partial charge in [0, 0.05) is 18.8 Å². The van der Waals surface area contributed by atoms with E-state index < -0.39 is 18.1 Å². The average Bonchev–Trinajstić information content (AvgIpc) is 2.98. The third-order valence-electron chi connectivity index (χ3n) is 6.19. The van der Waals surface area contributed by atoms with Gasteiger partial charge in [-0.15, -0.1) is 0 Å². The highest BCUT2D eigenvalue weighted by Gasteiger charge is 2.30. The summed E-state index contributed by atoms with van der Waals surface area (Å²) in [5.41, 5.74) is 5.17. The summed E-state index contributed by atoms with van der Waals surface area (Å²) >= 11 is 0. The molecule has 7 heteroatoms. The van der Waals surface area contributed by atoms with Crippen molar-refractivity contribution in [3.05, 3.63) is 83.4 Å². The van der Waals surface area contributed by atoms with Crippen molar-refractivity contribution < 1.29 is 28.9 Å². The minimum Gasteiger partial charge on any atom is -0.490 e. The zero-order valence-electron chi connectivity index (χ0n) is 18.5. The summed E-state index contributed by atoms with van der Waals surface area (Å²) in [5, 5.41) is 12.2. The summed E-state index contributed by atoms with van der Waals surface area (Å²) in [6.07, 6.45) is 0.116. The molecule has 0 aromatic heterocycles. The number of fused-ring (bicyclic) bond motifs is 4. The molecule has 1 amide bonds. The molecule has 7 nitrogen and oxygen atoms in total. The molecule has 2 aliphatic rings. The molecule has 174 valence electrons. The van der Waals surface area contributed by atoms with Crippen LogP contribution >= 0.6 is 0 Å². The summed E-state index contributed by atoms with van der Waals surface area (Å²) in [7, 11) is 0. The molecule has 0 fully saturated rings. The number of nitrogens with one attached hydrogen (secondary N) is 1. The highest BCUT2D eigenvalue weighted by molar-refractivity contribution is 5.81. The number of rotatable bonds is 6. The Bertz CT molecular complexity index is 1180. The molecule has 1 atom stereocenters. The monoisotopic (exact) mass is 459 g/mol. The van der Waals surface area contributed by atoms with Crippen LogP contribution in [0.15, 0.2) is 66.7 Å². The molecule has 0 spiro atoms. The van der Waals surface area contributed by atoms with Crippen molar-refractivity contribution in [3.8, 4) is 22.6 Å². The van der Waals surface area contributed by atoms with Gasteiger partial charge in [0.1, 0.15) is 12.6 Å². The van der Waals surface area contributed by atoms with E-state index in [0.717, 1.165) is 34.2 Å². The van der Waals surface area contributed by atoms with Crippen molar-refractivity contribution in [1.29, 1.82) is 0 Å². The Balaban J connectivity index is 1.25. The molecule has 0 bridgehead atoms. The standard InChI is InChI=1S/C27H25NO6/c29-26(30)23(14-17-10-11-24-25(15-17)33-13-5-12-32-24)28-27(31)34-16-22-20-8-3-1-6-18(20)19-7-2-4-9-21(19)22/h1-4,6-11,15,22-23H,5,12-14,16H2,(H,28,31)(H,29,30). The van der Waals surface area contributed by atoms with Gasteiger partial charge in [0.15, 0.2) is 11.5 Å². The largest absolute Gasteiger partial charge is 0.490 e. The number of hydrogen-bond acceptors (Lipinski definition) is 5. The maximum atomic E-state index is 12.6. The van der Waals surface area contributed by atoms with Gasteiger partial charge in [-0.25, -0.2) is 9.59 Å². The summed E-state index contributed by atoms with van der Waals surface area (Å²) in [5.74, 6) is -0.0123. The third kappa shape index (κ3) is 4.41. The van der Waals surface area contributed by atoms with Gasteiger partial charge in [-0.2, -0.15) is 0 Å². The van der Waals surface area contributed by atoms with Crippen LogP contribution in [0.1, 0.15) is 29.0 Å². The highest BCUT2D eigenvalue weighted by atomic mass is 16.5. The number of carboxylic acids is 1. The van der Waals surface area contributed by atoms with E-state index in [9.17, 15) is 14.7 Å². The first-order chi connectivity index (χ1) is 16.6. The molecule has 0 saturated carbocycles. The molecule has 1 heterocycles. The highest BCUT2D eigenvalue weighted by Crippen LogP contribution is 2.44. The number of benzene rings is 3. The second-order valence-electron chi connectivity index (χ2n) is 8.40. The Morgan fingerprint density at radius 2 is 1.59 bits per heavy atom. The van der Waals surface area contributed by atoms with Crippen LogP contribution < -0.4 is 14.8 Å². The Morgan fingerprint density at radius 3 is 2.26 bits per heavy atom. The fourth-order valence-electron chi connectivity index (χ4n) is 4.55. The maximum Gasteiger partial charge on any atom is 0.407 e. The van der Waals surface area contributed by atoms with Gasteiger partial charge in [0.05, 0.1) is 13.2 Å². The van der Waals surface area contributed by atoms with E-state index in [0.29, 0.717) is 24.7 Å². The predicted octanol–water partition coefficient (Wildman–Crippen LogP) is 4.38. The van der Waals surface area contributed by atoms with Crippen LogP contribution in [0.25, 0.3) is 11.1 Å². The molecule has 1 unspecified atom stereocenters. The van der Waals surface area contributed by atoms with Crippen molar-refractivity contribution in [2.24, 2.45) is 0 Å². The van der Waals surface area contributed by atoms with E-state index in [2.05, 4.69) is 17.4 Å². The SMILES string of the molecule is O=C(NC(Cc1ccc2c(c1)OCCCO2)C(=O)O)OCC1c2ccccc2-c2ccccc21. The molecule has 5 rings (SSSR count). The topological polar surface area (TPSA) is 94.1 Å². The molecule has 1 aliphatic carbocycles. The zero-order valence-corrected chi connectivity index (χ0v) is 18.5. The first-order valence-corrected chi connectivity index (χ1v) is 11.3. The van der Waals surface area contributed by atoms with Gasteiger partial charge in [-0.05, 0) is 39.9 Å². The van der Waals surface area contributed by atoms with Gasteiger partial charge in [-0.1, -0.05) is 54.6 Å². The molecule has 3 aromatic carbocycles. The first-order valence-electron chi connectivity index (χ1n) is 11.3. The third-order valence-corrected chi connectivity index (χ3v) is 6.19. The number of carboxylic acid groups (broad SMARTS) is 1. The lowest BCUT2D eigenvalue weighted by Crippen LogP contribution is -2.42. The quantitative estimate of drug-likeness (QED) is 0.568. The van der Waals surface area contributed by atoms with Gasteiger partial charge >= 0.3 is 12.1 Å². The van der Waals surface area contributed by atoms with E-state index in [1.807, 2.05) is 36.4 Å². The second-order valence-corrected chi connectivity index (χ2v) is 8.40. The summed E-state index contributed by atoms with van der Waals surface area (Å²) in [4.78, 5) is 24.4. The van der Waals surface area contributed by atoms with Gasteiger partial charge in [0.25, 0.3) is 0 Å². The molecule has 34 heavy (non-hydrogen) atoms. The van der Waals surface area contributed by atoms with Crippen molar-refractivity contribution in [2.45, 2.75) is 24.8 Å². The van der Waals surface area contributed by atoms with Crippen molar-refractivity contribution in [1.82, 2.24) is 5.32 Å². The molecule has 0 radical (unpaired) electrons. The smallest absolute Gasteiger partial charge is 0.407 e. The van der Waals surface area contributed by atoms with E-state index >= 15 is 0 Å². The zero-order chi connectivity index (χ0) is 23.5. The molecular weight excluding hydrogens is 434 g/mol. The lowest BCUT2D eigenvalue weighted by atomic mass is 9.98. The normalized spacial score (nSPS) is 14.9. The van der Waals surface area contributed by atoms with Crippen LogP contribution in [0.5, 0.6) is 11.5 Å². The first kappa shape index (κ1) is 21.8. The molecule has 3 aromatic rings. The number of amides is 1. The van der Waals surface area contributed by atoms with Crippen LogP contribution in [-0.4, -0.2) is 43.0 Å². The number of ether oxygens (including phenoxy) is 3. The fourth-order valence-corrected chi connectivity index (χ4v) is 4.55. The summed E-state index contributed by atoms with van der Waals surface area (Å²) < 4.78 is 16.8. The second kappa shape index (κ2) is 9.47. The number of carbonyl (C=O) groups excluding carboxylic acids is 1. The van der Waals surface area contributed by atoms with Gasteiger partial charge < -0.3 is 24.6 Å². The Hall–Kier alpha value is -4.00. The minimum absolute atomic E-state index is 0.0934. The van der Waals surface area contributed by atoms with E-state index in [4.69, 9.17) is 14.2 Å². The minimum atomic E-state index is -1.14. The van der Waals surface area contributed by atoms with Crippen molar-refractivity contribution >= 4 is 12.1 Å². The number of carbonyl (C=O) groups is 2. The Morgan fingerprint density at radius 1 is 0.941 bits per heavy atom. The van der Waals surface area contributed by atoms with Gasteiger partial charge in [0.2, 0.25) is 0 Å². The lowest BCUT2D eigenvalue weighted by molar-refractivity contribution is -0.139. The molecular formula is C27H25NO6. The average molecular weight is 459 g/mol.